The van der Waals surface area contributed by atoms with Crippen molar-refractivity contribution in [1.82, 2.24) is 10.2 Å². The van der Waals surface area contributed by atoms with Crippen LogP contribution < -0.4 is 5.32 Å². The predicted molar refractivity (Wildman–Crippen MR) is 72.2 cm³/mol. The molecule has 2 atom stereocenters. The zero-order valence-electron chi connectivity index (χ0n) is 11.5. The molecule has 1 saturated heterocycles. The number of piperidine rings is 1. The number of hydrogen-bond acceptors (Lipinski definition) is 4. The summed E-state index contributed by atoms with van der Waals surface area (Å²) >= 11 is 0. The summed E-state index contributed by atoms with van der Waals surface area (Å²) in [6, 6.07) is -0.251. The molecule has 1 aliphatic heterocycles. The molecule has 6 heteroatoms. The van der Waals surface area contributed by atoms with Crippen molar-refractivity contribution < 1.29 is 13.2 Å². The van der Waals surface area contributed by atoms with Gasteiger partial charge in [-0.05, 0) is 33.2 Å². The van der Waals surface area contributed by atoms with E-state index in [-0.39, 0.29) is 23.6 Å². The van der Waals surface area contributed by atoms with Gasteiger partial charge in [0.25, 0.3) is 0 Å². The Morgan fingerprint density at radius 2 is 2.17 bits per heavy atom. The van der Waals surface area contributed by atoms with E-state index in [0.29, 0.717) is 13.1 Å². The molecule has 0 saturated carbocycles. The van der Waals surface area contributed by atoms with Crippen LogP contribution in [0, 0.1) is 5.92 Å². The maximum atomic E-state index is 12.3. The Morgan fingerprint density at radius 1 is 1.50 bits per heavy atom. The van der Waals surface area contributed by atoms with Gasteiger partial charge in [-0.25, -0.2) is 8.42 Å². The lowest BCUT2D eigenvalue weighted by molar-refractivity contribution is -0.137. The lowest BCUT2D eigenvalue weighted by Crippen LogP contribution is -2.48. The third-order valence-electron chi connectivity index (χ3n) is 3.35. The molecule has 0 aliphatic carbocycles. The quantitative estimate of drug-likeness (QED) is 0.782. The van der Waals surface area contributed by atoms with Gasteiger partial charge in [-0.3, -0.25) is 4.79 Å². The fraction of sp³-hybridized carbons (Fsp3) is 0.917. The number of nitrogens with zero attached hydrogens (tertiary/aromatic N) is 1. The number of nitrogens with one attached hydrogen (secondary N) is 1. The van der Waals surface area contributed by atoms with Crippen molar-refractivity contribution in [2.45, 2.75) is 32.7 Å². The lowest BCUT2D eigenvalue weighted by atomic mass is 9.97. The number of carbonyl (C=O) groups excluding carboxylic acids is 1. The standard InChI is InChI=1S/C12H24N2O3S/c1-4-14(10(2)9-18(3,16)17)12(15)11-6-5-7-13-8-11/h10-11,13H,4-9H2,1-3H3. The second-order valence-corrected chi connectivity index (χ2v) is 7.29. The summed E-state index contributed by atoms with van der Waals surface area (Å²) in [6.07, 6.45) is 3.12. The number of amides is 1. The molecule has 0 radical (unpaired) electrons. The molecular weight excluding hydrogens is 252 g/mol. The fourth-order valence-corrected chi connectivity index (χ4v) is 3.57. The summed E-state index contributed by atoms with van der Waals surface area (Å²) in [5.41, 5.74) is 0. The summed E-state index contributed by atoms with van der Waals surface area (Å²) < 4.78 is 22.6. The molecule has 106 valence electrons. The van der Waals surface area contributed by atoms with E-state index < -0.39 is 9.84 Å². The van der Waals surface area contributed by atoms with E-state index in [1.807, 2.05) is 6.92 Å². The Labute approximate surface area is 110 Å². The normalized spacial score (nSPS) is 22.5. The van der Waals surface area contributed by atoms with Gasteiger partial charge in [0, 0.05) is 25.4 Å². The molecule has 0 aromatic rings. The molecule has 0 spiro atoms. The van der Waals surface area contributed by atoms with Crippen molar-refractivity contribution in [2.75, 3.05) is 31.6 Å². The van der Waals surface area contributed by atoms with Crippen LogP contribution in [0.5, 0.6) is 0 Å². The number of hydrogen-bond donors (Lipinski definition) is 1. The molecule has 5 nitrogen and oxygen atoms in total. The molecule has 1 amide bonds. The summed E-state index contributed by atoms with van der Waals surface area (Å²) in [5.74, 6) is 0.119. The minimum Gasteiger partial charge on any atom is -0.339 e. The van der Waals surface area contributed by atoms with Gasteiger partial charge in [0.05, 0.1) is 11.7 Å². The Morgan fingerprint density at radius 3 is 2.61 bits per heavy atom. The van der Waals surface area contributed by atoms with Crippen LogP contribution in [0.3, 0.4) is 0 Å². The first-order chi connectivity index (χ1) is 8.35. The highest BCUT2D eigenvalue weighted by Gasteiger charge is 2.29. The van der Waals surface area contributed by atoms with E-state index in [4.69, 9.17) is 0 Å². The Kier molecular flexibility index (Phi) is 5.59. The molecular formula is C12H24N2O3S. The second kappa shape index (κ2) is 6.52. The molecule has 1 fully saturated rings. The van der Waals surface area contributed by atoms with Gasteiger partial charge in [-0.1, -0.05) is 0 Å². The van der Waals surface area contributed by atoms with Crippen molar-refractivity contribution in [3.8, 4) is 0 Å². The van der Waals surface area contributed by atoms with Crippen LogP contribution in [0.15, 0.2) is 0 Å². The van der Waals surface area contributed by atoms with Gasteiger partial charge in [0.15, 0.2) is 0 Å². The molecule has 0 bridgehead atoms. The first kappa shape index (κ1) is 15.4. The van der Waals surface area contributed by atoms with Crippen LogP contribution >= 0.6 is 0 Å². The van der Waals surface area contributed by atoms with E-state index in [2.05, 4.69) is 5.32 Å². The Balaban J connectivity index is 2.66. The van der Waals surface area contributed by atoms with Crippen molar-refractivity contribution in [2.24, 2.45) is 5.92 Å². The van der Waals surface area contributed by atoms with Crippen LogP contribution in [0.4, 0.5) is 0 Å². The minimum atomic E-state index is -3.05. The van der Waals surface area contributed by atoms with Gasteiger partial charge in [-0.2, -0.15) is 0 Å². The molecule has 18 heavy (non-hydrogen) atoms. The Hall–Kier alpha value is -0.620. The topological polar surface area (TPSA) is 66.5 Å². The molecule has 1 N–H and O–H groups in total. The summed E-state index contributed by atoms with van der Waals surface area (Å²) in [5, 5.41) is 3.22. The van der Waals surface area contributed by atoms with E-state index in [1.165, 1.54) is 6.26 Å². The molecule has 0 aromatic carbocycles. The maximum Gasteiger partial charge on any atom is 0.227 e. The van der Waals surface area contributed by atoms with Gasteiger partial charge >= 0.3 is 0 Å². The van der Waals surface area contributed by atoms with Gasteiger partial charge in [0.1, 0.15) is 9.84 Å². The predicted octanol–water partition coefficient (Wildman–Crippen LogP) is 0.268. The summed E-state index contributed by atoms with van der Waals surface area (Å²) in [7, 11) is -3.05. The number of carbonyl (C=O) groups is 1. The maximum absolute atomic E-state index is 12.3. The average Bonchev–Trinajstić information content (AvgIpc) is 2.28. The largest absolute Gasteiger partial charge is 0.339 e. The van der Waals surface area contributed by atoms with E-state index in [1.54, 1.807) is 11.8 Å². The highest BCUT2D eigenvalue weighted by molar-refractivity contribution is 7.90. The molecule has 0 aromatic heterocycles. The molecule has 1 aliphatic rings. The fourth-order valence-electron chi connectivity index (χ4n) is 2.51. The second-order valence-electron chi connectivity index (χ2n) is 5.11. The zero-order valence-corrected chi connectivity index (χ0v) is 12.3. The van der Waals surface area contributed by atoms with Crippen LogP contribution in [-0.4, -0.2) is 56.9 Å². The monoisotopic (exact) mass is 276 g/mol. The van der Waals surface area contributed by atoms with E-state index in [9.17, 15) is 13.2 Å². The third-order valence-corrected chi connectivity index (χ3v) is 4.43. The van der Waals surface area contributed by atoms with Gasteiger partial charge < -0.3 is 10.2 Å². The summed E-state index contributed by atoms with van der Waals surface area (Å²) in [4.78, 5) is 14.0. The van der Waals surface area contributed by atoms with E-state index in [0.717, 1.165) is 19.4 Å². The van der Waals surface area contributed by atoms with E-state index >= 15 is 0 Å². The van der Waals surface area contributed by atoms with Crippen molar-refractivity contribution >= 4 is 15.7 Å². The first-order valence-corrected chi connectivity index (χ1v) is 8.60. The molecule has 2 unspecified atom stereocenters. The van der Waals surface area contributed by atoms with Gasteiger partial charge in [-0.15, -0.1) is 0 Å². The summed E-state index contributed by atoms with van der Waals surface area (Å²) in [6.45, 7) is 5.94. The lowest BCUT2D eigenvalue weighted by Gasteiger charge is -2.32. The number of rotatable bonds is 5. The smallest absolute Gasteiger partial charge is 0.227 e. The van der Waals surface area contributed by atoms with Crippen LogP contribution in [0.25, 0.3) is 0 Å². The van der Waals surface area contributed by atoms with Crippen molar-refractivity contribution in [1.29, 1.82) is 0 Å². The van der Waals surface area contributed by atoms with Crippen LogP contribution in [-0.2, 0) is 14.6 Å². The highest BCUT2D eigenvalue weighted by Crippen LogP contribution is 2.15. The highest BCUT2D eigenvalue weighted by atomic mass is 32.2. The Bertz CT molecular complexity index is 375. The van der Waals surface area contributed by atoms with Crippen molar-refractivity contribution in [3.05, 3.63) is 0 Å². The minimum absolute atomic E-state index is 0.000658. The molecule has 1 heterocycles. The zero-order chi connectivity index (χ0) is 13.8. The third kappa shape index (κ3) is 4.57. The molecule has 1 rings (SSSR count). The van der Waals surface area contributed by atoms with Crippen LogP contribution in [0.2, 0.25) is 0 Å². The first-order valence-electron chi connectivity index (χ1n) is 6.54. The van der Waals surface area contributed by atoms with Gasteiger partial charge in [0.2, 0.25) is 5.91 Å². The SMILES string of the molecule is CCN(C(=O)C1CCCNC1)C(C)CS(C)(=O)=O. The average molecular weight is 276 g/mol. The number of sulfone groups is 1. The van der Waals surface area contributed by atoms with Crippen molar-refractivity contribution in [3.63, 3.8) is 0 Å². The van der Waals surface area contributed by atoms with Crippen LogP contribution in [0.1, 0.15) is 26.7 Å².